The SMILES string of the molecule is FC(F)c1cc(-c2ccco2)n[nH]1. The van der Waals surface area contributed by atoms with Crippen LogP contribution in [-0.2, 0) is 0 Å². The predicted molar refractivity (Wildman–Crippen MR) is 41.2 cm³/mol. The van der Waals surface area contributed by atoms with Crippen LogP contribution >= 0.6 is 0 Å². The Morgan fingerprint density at radius 3 is 2.85 bits per heavy atom. The number of aromatic amines is 1. The molecule has 0 unspecified atom stereocenters. The highest BCUT2D eigenvalue weighted by atomic mass is 19.3. The molecule has 0 aliphatic heterocycles. The van der Waals surface area contributed by atoms with Crippen molar-refractivity contribution in [2.45, 2.75) is 6.43 Å². The summed E-state index contributed by atoms with van der Waals surface area (Å²) < 4.78 is 29.2. The molecule has 0 fully saturated rings. The van der Waals surface area contributed by atoms with Crippen molar-refractivity contribution < 1.29 is 13.2 Å². The van der Waals surface area contributed by atoms with Gasteiger partial charge in [-0.05, 0) is 18.2 Å². The molecule has 2 aromatic heterocycles. The normalized spacial score (nSPS) is 11.0. The molecule has 2 rings (SSSR count). The number of H-pyrrole nitrogens is 1. The maximum absolute atomic E-state index is 12.1. The lowest BCUT2D eigenvalue weighted by Gasteiger charge is -1.88. The van der Waals surface area contributed by atoms with Crippen LogP contribution in [0, 0.1) is 0 Å². The first kappa shape index (κ1) is 7.97. The fourth-order valence-electron chi connectivity index (χ4n) is 0.999. The van der Waals surface area contributed by atoms with Gasteiger partial charge in [0.05, 0.1) is 6.26 Å². The number of hydrogen-bond donors (Lipinski definition) is 1. The van der Waals surface area contributed by atoms with E-state index in [2.05, 4.69) is 10.2 Å². The van der Waals surface area contributed by atoms with Crippen LogP contribution in [0.1, 0.15) is 12.1 Å². The zero-order valence-electron chi connectivity index (χ0n) is 6.50. The molecule has 2 aromatic rings. The molecule has 2 heterocycles. The third kappa shape index (κ3) is 1.44. The third-order valence-electron chi connectivity index (χ3n) is 1.61. The van der Waals surface area contributed by atoms with Gasteiger partial charge in [-0.1, -0.05) is 0 Å². The maximum atomic E-state index is 12.1. The zero-order chi connectivity index (χ0) is 9.26. The highest BCUT2D eigenvalue weighted by molar-refractivity contribution is 5.51. The van der Waals surface area contributed by atoms with Crippen molar-refractivity contribution in [3.8, 4) is 11.5 Å². The van der Waals surface area contributed by atoms with Gasteiger partial charge in [-0.2, -0.15) is 5.10 Å². The minimum absolute atomic E-state index is 0.202. The first-order valence-electron chi connectivity index (χ1n) is 3.64. The molecule has 68 valence electrons. The average Bonchev–Trinajstić information content (AvgIpc) is 2.75. The van der Waals surface area contributed by atoms with Crippen molar-refractivity contribution in [1.82, 2.24) is 10.2 Å². The standard InChI is InChI=1S/C8H6F2N2O/c9-8(10)6-4-5(11-12-6)7-2-1-3-13-7/h1-4,8H,(H,11,12). The molecule has 13 heavy (non-hydrogen) atoms. The fraction of sp³-hybridized carbons (Fsp3) is 0.125. The number of hydrogen-bond acceptors (Lipinski definition) is 2. The molecule has 0 bridgehead atoms. The summed E-state index contributed by atoms with van der Waals surface area (Å²) in [5.41, 5.74) is 0.187. The number of halogens is 2. The Balaban J connectivity index is 2.33. The average molecular weight is 184 g/mol. The molecule has 0 saturated heterocycles. The molecular formula is C8H6F2N2O. The smallest absolute Gasteiger partial charge is 0.279 e. The summed E-state index contributed by atoms with van der Waals surface area (Å²) in [6.45, 7) is 0. The quantitative estimate of drug-likeness (QED) is 0.779. The first-order chi connectivity index (χ1) is 6.27. The van der Waals surface area contributed by atoms with E-state index in [9.17, 15) is 8.78 Å². The molecular weight excluding hydrogens is 178 g/mol. The number of nitrogens with zero attached hydrogens (tertiary/aromatic N) is 1. The molecule has 3 nitrogen and oxygen atoms in total. The molecule has 1 N–H and O–H groups in total. The van der Waals surface area contributed by atoms with Crippen LogP contribution in [0.15, 0.2) is 28.9 Å². The van der Waals surface area contributed by atoms with Gasteiger partial charge in [0.2, 0.25) is 0 Å². The molecule has 0 aliphatic rings. The van der Waals surface area contributed by atoms with E-state index in [-0.39, 0.29) is 5.69 Å². The molecule has 5 heteroatoms. The van der Waals surface area contributed by atoms with Gasteiger partial charge in [-0.25, -0.2) is 8.78 Å². The second-order valence-electron chi connectivity index (χ2n) is 2.49. The topological polar surface area (TPSA) is 41.8 Å². The van der Waals surface area contributed by atoms with Crippen molar-refractivity contribution >= 4 is 0 Å². The summed E-state index contributed by atoms with van der Waals surface area (Å²) in [4.78, 5) is 0. The summed E-state index contributed by atoms with van der Waals surface area (Å²) in [6, 6.07) is 4.60. The van der Waals surface area contributed by atoms with Gasteiger partial charge in [0.15, 0.2) is 5.76 Å². The number of rotatable bonds is 2. The number of furan rings is 1. The lowest BCUT2D eigenvalue weighted by molar-refractivity contribution is 0.146. The van der Waals surface area contributed by atoms with Gasteiger partial charge in [-0.15, -0.1) is 0 Å². The van der Waals surface area contributed by atoms with Crippen LogP contribution in [0.25, 0.3) is 11.5 Å². The monoisotopic (exact) mass is 184 g/mol. The Morgan fingerprint density at radius 1 is 1.46 bits per heavy atom. The Bertz CT molecular complexity index is 381. The van der Waals surface area contributed by atoms with E-state index in [1.807, 2.05) is 0 Å². The third-order valence-corrected chi connectivity index (χ3v) is 1.61. The van der Waals surface area contributed by atoms with E-state index in [0.29, 0.717) is 11.5 Å². The van der Waals surface area contributed by atoms with Crippen LogP contribution in [0.5, 0.6) is 0 Å². The minimum atomic E-state index is -2.53. The Morgan fingerprint density at radius 2 is 2.31 bits per heavy atom. The summed E-state index contributed by atoms with van der Waals surface area (Å²) in [5, 5.41) is 5.91. The van der Waals surface area contributed by atoms with E-state index in [4.69, 9.17) is 4.42 Å². The van der Waals surface area contributed by atoms with Crippen LogP contribution in [-0.4, -0.2) is 10.2 Å². The largest absolute Gasteiger partial charge is 0.463 e. The highest BCUT2D eigenvalue weighted by Gasteiger charge is 2.12. The summed E-state index contributed by atoms with van der Waals surface area (Å²) >= 11 is 0. The fourth-order valence-corrected chi connectivity index (χ4v) is 0.999. The molecule has 0 radical (unpaired) electrons. The van der Waals surface area contributed by atoms with Crippen molar-refractivity contribution in [1.29, 1.82) is 0 Å². The zero-order valence-corrected chi connectivity index (χ0v) is 6.50. The van der Waals surface area contributed by atoms with Crippen molar-refractivity contribution in [3.05, 3.63) is 30.2 Å². The number of aromatic nitrogens is 2. The molecule has 0 aromatic carbocycles. The van der Waals surface area contributed by atoms with Gasteiger partial charge in [0.25, 0.3) is 6.43 Å². The first-order valence-corrected chi connectivity index (χ1v) is 3.64. The van der Waals surface area contributed by atoms with Gasteiger partial charge >= 0.3 is 0 Å². The van der Waals surface area contributed by atoms with E-state index >= 15 is 0 Å². The summed E-state index contributed by atoms with van der Waals surface area (Å²) in [5.74, 6) is 0.475. The van der Waals surface area contributed by atoms with Gasteiger partial charge in [0.1, 0.15) is 11.4 Å². The summed E-state index contributed by atoms with van der Waals surface area (Å²) in [6.07, 6.45) is -1.07. The number of alkyl halides is 2. The van der Waals surface area contributed by atoms with E-state index < -0.39 is 6.43 Å². The molecule has 0 spiro atoms. The van der Waals surface area contributed by atoms with E-state index in [0.717, 1.165) is 0 Å². The molecule has 0 amide bonds. The van der Waals surface area contributed by atoms with Gasteiger partial charge < -0.3 is 4.42 Å². The molecule has 0 atom stereocenters. The van der Waals surface area contributed by atoms with E-state index in [1.54, 1.807) is 12.1 Å². The van der Waals surface area contributed by atoms with Crippen molar-refractivity contribution in [2.24, 2.45) is 0 Å². The lowest BCUT2D eigenvalue weighted by atomic mass is 10.3. The van der Waals surface area contributed by atoms with Crippen molar-refractivity contribution in [3.63, 3.8) is 0 Å². The van der Waals surface area contributed by atoms with Gasteiger partial charge in [-0.3, -0.25) is 5.10 Å². The molecule has 0 aliphatic carbocycles. The van der Waals surface area contributed by atoms with Crippen LogP contribution in [0.4, 0.5) is 8.78 Å². The van der Waals surface area contributed by atoms with Gasteiger partial charge in [0, 0.05) is 0 Å². The van der Waals surface area contributed by atoms with Crippen LogP contribution in [0.3, 0.4) is 0 Å². The van der Waals surface area contributed by atoms with E-state index in [1.165, 1.54) is 12.3 Å². The molecule has 0 saturated carbocycles. The Hall–Kier alpha value is -1.65. The van der Waals surface area contributed by atoms with Crippen LogP contribution in [0.2, 0.25) is 0 Å². The highest BCUT2D eigenvalue weighted by Crippen LogP contribution is 2.22. The maximum Gasteiger partial charge on any atom is 0.279 e. The lowest BCUT2D eigenvalue weighted by Crippen LogP contribution is -1.81. The Labute approximate surface area is 72.4 Å². The second-order valence-corrected chi connectivity index (χ2v) is 2.49. The number of nitrogens with one attached hydrogen (secondary N) is 1. The van der Waals surface area contributed by atoms with Crippen molar-refractivity contribution in [2.75, 3.05) is 0 Å². The van der Waals surface area contributed by atoms with Crippen LogP contribution < -0.4 is 0 Å². The minimum Gasteiger partial charge on any atom is -0.463 e. The summed E-state index contributed by atoms with van der Waals surface area (Å²) in [7, 11) is 0. The predicted octanol–water partition coefficient (Wildman–Crippen LogP) is 2.61. The Kier molecular flexibility index (Phi) is 1.84. The second kappa shape index (κ2) is 3.01.